The number of hydrogen-bond acceptors (Lipinski definition) is 1. The first kappa shape index (κ1) is 9.67. The summed E-state index contributed by atoms with van der Waals surface area (Å²) >= 11 is 0. The minimum atomic E-state index is 0.441. The highest BCUT2D eigenvalue weighted by Gasteiger charge is 2.66. The largest absolute Gasteiger partial charge is 0.293 e. The highest BCUT2D eigenvalue weighted by atomic mass is 14.9. The maximum atomic E-state index is 5.01. The lowest BCUT2D eigenvalue weighted by Crippen LogP contribution is -2.63. The molecular formula is C15H23N. The third kappa shape index (κ3) is 0.822. The minimum Gasteiger partial charge on any atom is -0.293 e. The van der Waals surface area contributed by atoms with Gasteiger partial charge >= 0.3 is 0 Å². The Bertz CT molecular complexity index is 360. The zero-order valence-corrected chi connectivity index (χ0v) is 10.6. The van der Waals surface area contributed by atoms with Gasteiger partial charge in [0.15, 0.2) is 0 Å². The maximum Gasteiger partial charge on any atom is 0.0586 e. The average molecular weight is 217 g/mol. The van der Waals surface area contributed by atoms with Gasteiger partial charge in [0, 0.05) is 11.6 Å². The Balaban J connectivity index is 1.92. The SMILES string of the molecule is C[C@H]1[C@@H]2CCC[C@]34CCC[C@H]3[C@@]1(C)C=N[C@H]24. The third-order valence-electron chi connectivity index (χ3n) is 6.89. The summed E-state index contributed by atoms with van der Waals surface area (Å²) in [6.45, 7) is 5.02. The van der Waals surface area contributed by atoms with Crippen LogP contribution in [0.1, 0.15) is 52.4 Å². The van der Waals surface area contributed by atoms with Crippen LogP contribution in [0.25, 0.3) is 0 Å². The van der Waals surface area contributed by atoms with Crippen LogP contribution in [0.5, 0.6) is 0 Å². The van der Waals surface area contributed by atoms with E-state index in [2.05, 4.69) is 20.1 Å². The molecule has 1 nitrogen and oxygen atoms in total. The van der Waals surface area contributed by atoms with Gasteiger partial charge in [-0.2, -0.15) is 0 Å². The summed E-state index contributed by atoms with van der Waals surface area (Å²) in [4.78, 5) is 5.01. The molecule has 0 aromatic heterocycles. The van der Waals surface area contributed by atoms with Gasteiger partial charge in [0.1, 0.15) is 0 Å². The highest BCUT2D eigenvalue weighted by molar-refractivity contribution is 5.70. The Kier molecular flexibility index (Phi) is 1.65. The monoisotopic (exact) mass is 217 g/mol. The Labute approximate surface area is 98.7 Å². The molecule has 2 aliphatic heterocycles. The van der Waals surface area contributed by atoms with E-state index in [4.69, 9.17) is 4.99 Å². The third-order valence-corrected chi connectivity index (χ3v) is 6.89. The van der Waals surface area contributed by atoms with E-state index >= 15 is 0 Å². The summed E-state index contributed by atoms with van der Waals surface area (Å²) < 4.78 is 0. The highest BCUT2D eigenvalue weighted by Crippen LogP contribution is 2.69. The molecule has 3 saturated carbocycles. The molecule has 3 aliphatic carbocycles. The second kappa shape index (κ2) is 2.73. The lowest BCUT2D eigenvalue weighted by Gasteiger charge is -2.64. The van der Waals surface area contributed by atoms with Crippen LogP contribution in [0.15, 0.2) is 4.99 Å². The Morgan fingerprint density at radius 1 is 1.19 bits per heavy atom. The van der Waals surface area contributed by atoms with Crippen LogP contribution in [0, 0.1) is 28.6 Å². The van der Waals surface area contributed by atoms with Crippen molar-refractivity contribution in [1.29, 1.82) is 0 Å². The van der Waals surface area contributed by atoms with E-state index in [9.17, 15) is 0 Å². The molecule has 0 amide bonds. The topological polar surface area (TPSA) is 12.4 Å². The molecule has 5 rings (SSSR count). The van der Waals surface area contributed by atoms with E-state index in [1.807, 2.05) is 0 Å². The first-order chi connectivity index (χ1) is 7.68. The molecule has 4 bridgehead atoms. The second-order valence-electron chi connectivity index (χ2n) is 7.11. The molecule has 1 heteroatoms. The fourth-order valence-corrected chi connectivity index (χ4v) is 6.09. The van der Waals surface area contributed by atoms with Crippen molar-refractivity contribution in [1.82, 2.24) is 0 Å². The Morgan fingerprint density at radius 2 is 1.94 bits per heavy atom. The predicted octanol–water partition coefficient (Wildman–Crippen LogP) is 3.68. The molecule has 0 aromatic rings. The molecule has 2 heterocycles. The van der Waals surface area contributed by atoms with E-state index < -0.39 is 0 Å². The van der Waals surface area contributed by atoms with Crippen molar-refractivity contribution in [2.45, 2.75) is 58.4 Å². The normalized spacial score (nSPS) is 62.4. The molecule has 0 aromatic carbocycles. The molecule has 0 N–H and O–H groups in total. The van der Waals surface area contributed by atoms with Gasteiger partial charge < -0.3 is 0 Å². The van der Waals surface area contributed by atoms with Crippen molar-refractivity contribution >= 4 is 6.21 Å². The number of rotatable bonds is 0. The van der Waals surface area contributed by atoms with E-state index in [1.54, 1.807) is 0 Å². The van der Waals surface area contributed by atoms with Crippen LogP contribution < -0.4 is 0 Å². The van der Waals surface area contributed by atoms with Gasteiger partial charge in [-0.15, -0.1) is 0 Å². The summed E-state index contributed by atoms with van der Waals surface area (Å²) in [6, 6.07) is 0.713. The molecule has 0 unspecified atom stereocenters. The van der Waals surface area contributed by atoms with Crippen LogP contribution in [0.3, 0.4) is 0 Å². The fourth-order valence-electron chi connectivity index (χ4n) is 6.09. The van der Waals surface area contributed by atoms with E-state index in [0.717, 1.165) is 17.8 Å². The smallest absolute Gasteiger partial charge is 0.0586 e. The van der Waals surface area contributed by atoms with Crippen LogP contribution in [-0.2, 0) is 0 Å². The second-order valence-corrected chi connectivity index (χ2v) is 7.11. The van der Waals surface area contributed by atoms with E-state index in [0.29, 0.717) is 16.9 Å². The van der Waals surface area contributed by atoms with Crippen LogP contribution in [-0.4, -0.2) is 12.3 Å². The first-order valence-electron chi connectivity index (χ1n) is 7.23. The molecular weight excluding hydrogens is 194 g/mol. The van der Waals surface area contributed by atoms with Gasteiger partial charge in [-0.05, 0) is 48.9 Å². The molecule has 0 radical (unpaired) electrons. The van der Waals surface area contributed by atoms with Gasteiger partial charge in [0.05, 0.1) is 6.04 Å². The van der Waals surface area contributed by atoms with Crippen molar-refractivity contribution in [3.8, 4) is 0 Å². The number of hydrogen-bond donors (Lipinski definition) is 0. The summed E-state index contributed by atoms with van der Waals surface area (Å²) in [5.74, 6) is 2.76. The van der Waals surface area contributed by atoms with Crippen LogP contribution in [0.2, 0.25) is 0 Å². The minimum absolute atomic E-state index is 0.441. The van der Waals surface area contributed by atoms with Gasteiger partial charge in [0.2, 0.25) is 0 Å². The zero-order valence-electron chi connectivity index (χ0n) is 10.6. The van der Waals surface area contributed by atoms with Crippen LogP contribution >= 0.6 is 0 Å². The first-order valence-corrected chi connectivity index (χ1v) is 7.23. The molecule has 88 valence electrons. The molecule has 5 aliphatic rings. The lowest BCUT2D eigenvalue weighted by molar-refractivity contribution is -0.0966. The predicted molar refractivity (Wildman–Crippen MR) is 66.7 cm³/mol. The van der Waals surface area contributed by atoms with Gasteiger partial charge in [0.25, 0.3) is 0 Å². The van der Waals surface area contributed by atoms with Crippen molar-refractivity contribution in [3.05, 3.63) is 0 Å². The average Bonchev–Trinajstić information content (AvgIpc) is 2.71. The van der Waals surface area contributed by atoms with E-state index in [1.165, 1.54) is 38.5 Å². The van der Waals surface area contributed by atoms with Crippen molar-refractivity contribution in [2.24, 2.45) is 33.6 Å². The van der Waals surface area contributed by atoms with Crippen molar-refractivity contribution < 1.29 is 0 Å². The van der Waals surface area contributed by atoms with Crippen molar-refractivity contribution in [2.75, 3.05) is 0 Å². The Hall–Kier alpha value is -0.330. The number of aliphatic imine (C=N–C) groups is 1. The summed E-state index contributed by atoms with van der Waals surface area (Å²) in [7, 11) is 0. The maximum absolute atomic E-state index is 5.01. The molecule has 6 atom stereocenters. The molecule has 16 heavy (non-hydrogen) atoms. The van der Waals surface area contributed by atoms with E-state index in [-0.39, 0.29) is 0 Å². The zero-order chi connectivity index (χ0) is 11.0. The molecule has 0 saturated heterocycles. The van der Waals surface area contributed by atoms with Gasteiger partial charge in [-0.1, -0.05) is 26.7 Å². The lowest BCUT2D eigenvalue weighted by atomic mass is 9.42. The quantitative estimate of drug-likeness (QED) is 0.587. The van der Waals surface area contributed by atoms with Gasteiger partial charge in [-0.25, -0.2) is 0 Å². The van der Waals surface area contributed by atoms with Crippen molar-refractivity contribution in [3.63, 3.8) is 0 Å². The molecule has 3 fully saturated rings. The Morgan fingerprint density at radius 3 is 2.75 bits per heavy atom. The summed E-state index contributed by atoms with van der Waals surface area (Å²) in [5, 5.41) is 0. The summed E-state index contributed by atoms with van der Waals surface area (Å²) in [5.41, 5.74) is 1.09. The fraction of sp³-hybridized carbons (Fsp3) is 0.933. The standard InChI is InChI=1S/C15H23N/c1-10-11-5-3-7-15-8-4-6-12(15)14(10,2)9-16-13(11)15/h9-13H,3-8H2,1-2H3/t10-,11-,12-,13+,14-,15-/m0/s1. The van der Waals surface area contributed by atoms with Gasteiger partial charge in [-0.3, -0.25) is 4.99 Å². The van der Waals surface area contributed by atoms with Crippen LogP contribution in [0.4, 0.5) is 0 Å². The number of nitrogens with zero attached hydrogens (tertiary/aromatic N) is 1. The summed E-state index contributed by atoms with van der Waals surface area (Å²) in [6.07, 6.45) is 11.2. The molecule has 1 spiro atoms.